The Bertz CT molecular complexity index is 507. The summed E-state index contributed by atoms with van der Waals surface area (Å²) in [4.78, 5) is 13.8. The molecule has 1 fully saturated rings. The van der Waals surface area contributed by atoms with E-state index < -0.39 is 6.10 Å². The first-order chi connectivity index (χ1) is 9.69. The number of benzene rings is 1. The molecule has 4 heteroatoms. The molecule has 0 saturated carbocycles. The first-order valence-electron chi connectivity index (χ1n) is 7.57. The zero-order valence-corrected chi connectivity index (χ0v) is 11.9. The fraction of sp³-hybridized carbons (Fsp3) is 0.562. The third-order valence-corrected chi connectivity index (χ3v) is 4.51. The SMILES string of the molecule is CCCC1CCN(c2ccc3c(c2)NC(=O)C3O)CC1. The van der Waals surface area contributed by atoms with Crippen molar-refractivity contribution in [2.24, 2.45) is 5.92 Å². The van der Waals surface area contributed by atoms with E-state index in [1.54, 1.807) is 0 Å². The number of nitrogens with zero attached hydrogens (tertiary/aromatic N) is 1. The summed E-state index contributed by atoms with van der Waals surface area (Å²) in [6.45, 7) is 4.42. The van der Waals surface area contributed by atoms with E-state index in [1.807, 2.05) is 18.2 Å². The van der Waals surface area contributed by atoms with Crippen molar-refractivity contribution in [2.45, 2.75) is 38.7 Å². The fourth-order valence-electron chi connectivity index (χ4n) is 3.32. The molecule has 0 aromatic heterocycles. The molecule has 4 nitrogen and oxygen atoms in total. The number of nitrogens with one attached hydrogen (secondary N) is 1. The lowest BCUT2D eigenvalue weighted by atomic mass is 9.92. The summed E-state index contributed by atoms with van der Waals surface area (Å²) in [6, 6.07) is 5.87. The molecule has 2 heterocycles. The van der Waals surface area contributed by atoms with Gasteiger partial charge in [0.25, 0.3) is 5.91 Å². The van der Waals surface area contributed by atoms with Crippen LogP contribution in [0.15, 0.2) is 18.2 Å². The molecule has 1 unspecified atom stereocenters. The van der Waals surface area contributed by atoms with Crippen LogP contribution < -0.4 is 10.2 Å². The lowest BCUT2D eigenvalue weighted by Gasteiger charge is -2.33. The van der Waals surface area contributed by atoms with Gasteiger partial charge in [-0.2, -0.15) is 0 Å². The summed E-state index contributed by atoms with van der Waals surface area (Å²) in [6.07, 6.45) is 4.10. The minimum atomic E-state index is -1.01. The Morgan fingerprint density at radius 1 is 1.35 bits per heavy atom. The Morgan fingerprint density at radius 3 is 2.80 bits per heavy atom. The largest absolute Gasteiger partial charge is 0.378 e. The summed E-state index contributed by atoms with van der Waals surface area (Å²) in [5.74, 6) is 0.547. The van der Waals surface area contributed by atoms with Gasteiger partial charge in [0, 0.05) is 30.0 Å². The van der Waals surface area contributed by atoms with Crippen LogP contribution in [-0.4, -0.2) is 24.1 Å². The van der Waals surface area contributed by atoms with Crippen molar-refractivity contribution in [3.8, 4) is 0 Å². The Kier molecular flexibility index (Phi) is 3.66. The van der Waals surface area contributed by atoms with Crippen molar-refractivity contribution in [3.63, 3.8) is 0 Å². The monoisotopic (exact) mass is 274 g/mol. The topological polar surface area (TPSA) is 52.6 Å². The highest BCUT2D eigenvalue weighted by Crippen LogP contribution is 2.35. The molecule has 0 radical (unpaired) electrons. The van der Waals surface area contributed by atoms with Gasteiger partial charge >= 0.3 is 0 Å². The zero-order chi connectivity index (χ0) is 14.1. The Balaban J connectivity index is 1.71. The second-order valence-corrected chi connectivity index (χ2v) is 5.88. The molecule has 2 aliphatic heterocycles. The highest BCUT2D eigenvalue weighted by atomic mass is 16.3. The van der Waals surface area contributed by atoms with Gasteiger partial charge < -0.3 is 15.3 Å². The maximum Gasteiger partial charge on any atom is 0.257 e. The van der Waals surface area contributed by atoms with Crippen molar-refractivity contribution < 1.29 is 9.90 Å². The minimum absolute atomic E-state index is 0.321. The number of aliphatic hydroxyl groups excluding tert-OH is 1. The lowest BCUT2D eigenvalue weighted by Crippen LogP contribution is -2.33. The summed E-state index contributed by atoms with van der Waals surface area (Å²) in [5.41, 5.74) is 2.60. The third kappa shape index (κ3) is 2.40. The number of amides is 1. The predicted octanol–water partition coefficient (Wildman–Crippen LogP) is 2.69. The smallest absolute Gasteiger partial charge is 0.257 e. The van der Waals surface area contributed by atoms with E-state index in [-0.39, 0.29) is 5.91 Å². The number of anilines is 2. The summed E-state index contributed by atoms with van der Waals surface area (Å²) >= 11 is 0. The average molecular weight is 274 g/mol. The summed E-state index contributed by atoms with van der Waals surface area (Å²) in [5, 5.41) is 12.5. The Hall–Kier alpha value is -1.55. The highest BCUT2D eigenvalue weighted by Gasteiger charge is 2.29. The Morgan fingerprint density at radius 2 is 2.10 bits per heavy atom. The number of carbonyl (C=O) groups is 1. The molecule has 2 aliphatic rings. The number of aliphatic hydroxyl groups is 1. The minimum Gasteiger partial charge on any atom is -0.378 e. The Labute approximate surface area is 119 Å². The molecule has 0 spiro atoms. The molecule has 0 aliphatic carbocycles. The number of rotatable bonds is 3. The normalized spacial score (nSPS) is 22.8. The quantitative estimate of drug-likeness (QED) is 0.891. The van der Waals surface area contributed by atoms with Crippen molar-refractivity contribution in [2.75, 3.05) is 23.3 Å². The van der Waals surface area contributed by atoms with Gasteiger partial charge in [-0.05, 0) is 30.9 Å². The van der Waals surface area contributed by atoms with Crippen LogP contribution in [0.3, 0.4) is 0 Å². The lowest BCUT2D eigenvalue weighted by molar-refractivity contribution is -0.123. The van der Waals surface area contributed by atoms with E-state index in [9.17, 15) is 9.90 Å². The van der Waals surface area contributed by atoms with Crippen LogP contribution in [0.5, 0.6) is 0 Å². The molecule has 1 aromatic rings. The van der Waals surface area contributed by atoms with Crippen LogP contribution >= 0.6 is 0 Å². The van der Waals surface area contributed by atoms with Crippen molar-refractivity contribution in [3.05, 3.63) is 23.8 Å². The molecular weight excluding hydrogens is 252 g/mol. The van der Waals surface area contributed by atoms with Crippen molar-refractivity contribution in [1.29, 1.82) is 0 Å². The molecule has 1 amide bonds. The third-order valence-electron chi connectivity index (χ3n) is 4.51. The van der Waals surface area contributed by atoms with Crippen LogP contribution in [-0.2, 0) is 4.79 Å². The first kappa shape index (κ1) is 13.4. The summed E-state index contributed by atoms with van der Waals surface area (Å²) < 4.78 is 0. The molecular formula is C16H22N2O2. The van der Waals surface area contributed by atoms with Gasteiger partial charge in [-0.25, -0.2) is 0 Å². The molecule has 1 atom stereocenters. The number of carbonyl (C=O) groups excluding carboxylic acids is 1. The second-order valence-electron chi connectivity index (χ2n) is 5.88. The van der Waals surface area contributed by atoms with Crippen molar-refractivity contribution in [1.82, 2.24) is 0 Å². The maximum absolute atomic E-state index is 11.5. The molecule has 3 rings (SSSR count). The fourth-order valence-corrected chi connectivity index (χ4v) is 3.32. The molecule has 1 saturated heterocycles. The van der Waals surface area contributed by atoms with Crippen molar-refractivity contribution >= 4 is 17.3 Å². The molecule has 2 N–H and O–H groups in total. The van der Waals surface area contributed by atoms with Gasteiger partial charge in [0.1, 0.15) is 0 Å². The van der Waals surface area contributed by atoms with E-state index in [2.05, 4.69) is 17.1 Å². The van der Waals surface area contributed by atoms with Crippen LogP contribution in [0.1, 0.15) is 44.3 Å². The number of hydrogen-bond donors (Lipinski definition) is 2. The van der Waals surface area contributed by atoms with Gasteiger partial charge in [0.15, 0.2) is 6.10 Å². The van der Waals surface area contributed by atoms with Gasteiger partial charge in [0.05, 0.1) is 0 Å². The predicted molar refractivity (Wildman–Crippen MR) is 79.9 cm³/mol. The van der Waals surface area contributed by atoms with Crippen LogP contribution in [0, 0.1) is 5.92 Å². The number of piperidine rings is 1. The zero-order valence-electron chi connectivity index (χ0n) is 11.9. The second kappa shape index (κ2) is 5.44. The molecule has 108 valence electrons. The van der Waals surface area contributed by atoms with Gasteiger partial charge in [-0.3, -0.25) is 4.79 Å². The maximum atomic E-state index is 11.5. The van der Waals surface area contributed by atoms with Gasteiger partial charge in [-0.15, -0.1) is 0 Å². The van der Waals surface area contributed by atoms with E-state index >= 15 is 0 Å². The van der Waals surface area contributed by atoms with E-state index in [1.165, 1.54) is 25.7 Å². The van der Waals surface area contributed by atoms with Crippen LogP contribution in [0.25, 0.3) is 0 Å². The van der Waals surface area contributed by atoms with Crippen LogP contribution in [0.2, 0.25) is 0 Å². The standard InChI is InChI=1S/C16H22N2O2/c1-2-3-11-6-8-18(9-7-11)12-4-5-13-14(10-12)17-16(20)15(13)19/h4-5,10-11,15,19H,2-3,6-9H2,1H3,(H,17,20). The van der Waals surface area contributed by atoms with Gasteiger partial charge in [0.2, 0.25) is 0 Å². The van der Waals surface area contributed by atoms with E-state index in [0.29, 0.717) is 5.56 Å². The first-order valence-corrected chi connectivity index (χ1v) is 7.57. The van der Waals surface area contributed by atoms with Crippen LogP contribution in [0.4, 0.5) is 11.4 Å². The molecule has 20 heavy (non-hydrogen) atoms. The molecule has 1 aromatic carbocycles. The van der Waals surface area contributed by atoms with E-state index in [4.69, 9.17) is 0 Å². The average Bonchev–Trinajstić information content (AvgIpc) is 2.75. The summed E-state index contributed by atoms with van der Waals surface area (Å²) in [7, 11) is 0. The number of fused-ring (bicyclic) bond motifs is 1. The molecule has 0 bridgehead atoms. The highest BCUT2D eigenvalue weighted by molar-refractivity contribution is 6.02. The van der Waals surface area contributed by atoms with E-state index in [0.717, 1.165) is 30.4 Å². The van der Waals surface area contributed by atoms with Gasteiger partial charge in [-0.1, -0.05) is 25.8 Å². The number of hydrogen-bond acceptors (Lipinski definition) is 3.